The van der Waals surface area contributed by atoms with Crippen LogP contribution in [0.2, 0.25) is 0 Å². The van der Waals surface area contributed by atoms with Crippen LogP contribution in [0.4, 0.5) is 4.79 Å². The number of rotatable bonds is 4. The number of nitrogens with zero attached hydrogens (tertiary/aromatic N) is 2. The van der Waals surface area contributed by atoms with E-state index >= 15 is 0 Å². The number of imide groups is 2. The van der Waals surface area contributed by atoms with Gasteiger partial charge in [0.25, 0.3) is 0 Å². The number of benzene rings is 1. The van der Waals surface area contributed by atoms with Gasteiger partial charge in [0.2, 0.25) is 0 Å². The molecule has 2 heterocycles. The highest BCUT2D eigenvalue weighted by molar-refractivity contribution is 6.45. The minimum absolute atomic E-state index is 0.154. The minimum atomic E-state index is -0.909. The number of carbonyl (C=O) groups is 4. The monoisotopic (exact) mass is 381 g/mol. The van der Waals surface area contributed by atoms with Gasteiger partial charge in [0, 0.05) is 28.2 Å². The molecule has 0 bridgehead atoms. The summed E-state index contributed by atoms with van der Waals surface area (Å²) in [6.45, 7) is 3.35. The molecule has 7 nitrogen and oxygen atoms in total. The van der Waals surface area contributed by atoms with E-state index in [1.807, 2.05) is 31.2 Å². The molecule has 1 aliphatic heterocycles. The molecule has 28 heavy (non-hydrogen) atoms. The average Bonchev–Trinajstić information content (AvgIpc) is 3.11. The molecule has 7 heteroatoms. The molecular weight excluding hydrogens is 358 g/mol. The molecule has 1 aliphatic carbocycles. The van der Waals surface area contributed by atoms with E-state index in [4.69, 9.17) is 0 Å². The molecule has 146 valence electrons. The van der Waals surface area contributed by atoms with Gasteiger partial charge >= 0.3 is 17.8 Å². The number of hydrogen-bond donors (Lipinski definition) is 1. The van der Waals surface area contributed by atoms with Gasteiger partial charge in [-0.2, -0.15) is 0 Å². The molecule has 1 saturated carbocycles. The number of aryl methyl sites for hydroxylation is 1. The van der Waals surface area contributed by atoms with E-state index in [-0.39, 0.29) is 17.7 Å². The van der Waals surface area contributed by atoms with Crippen LogP contribution in [0.15, 0.2) is 24.3 Å². The van der Waals surface area contributed by atoms with E-state index in [9.17, 15) is 19.2 Å². The van der Waals surface area contributed by atoms with Crippen LogP contribution >= 0.6 is 0 Å². The Morgan fingerprint density at radius 1 is 1.11 bits per heavy atom. The number of aromatic nitrogens is 1. The molecule has 1 saturated heterocycles. The maximum absolute atomic E-state index is 12.9. The van der Waals surface area contributed by atoms with Crippen LogP contribution in [0, 0.1) is 12.8 Å². The largest absolute Gasteiger partial charge is 0.358 e. The molecule has 2 fully saturated rings. The summed E-state index contributed by atoms with van der Waals surface area (Å²) in [5.74, 6) is -1.93. The summed E-state index contributed by atoms with van der Waals surface area (Å²) in [5.41, 5.74) is 1.94. The van der Waals surface area contributed by atoms with Crippen molar-refractivity contribution in [2.75, 3.05) is 6.54 Å². The van der Waals surface area contributed by atoms with Gasteiger partial charge in [-0.25, -0.2) is 9.69 Å². The SMILES string of the molecule is Cc1[nH]c2ccccc2c1C(=O)CN1C(=O)C(=O)N([C@H]2CCCC[C@H]2C)C1=O. The second-order valence-electron chi connectivity index (χ2n) is 7.77. The number of aromatic amines is 1. The number of para-hydroxylation sites is 1. The van der Waals surface area contributed by atoms with Gasteiger partial charge in [-0.1, -0.05) is 38.0 Å². The number of hydrogen-bond acceptors (Lipinski definition) is 4. The van der Waals surface area contributed by atoms with Crippen molar-refractivity contribution >= 4 is 34.5 Å². The quantitative estimate of drug-likeness (QED) is 0.501. The minimum Gasteiger partial charge on any atom is -0.358 e. The Bertz CT molecular complexity index is 993. The lowest BCUT2D eigenvalue weighted by molar-refractivity contribution is -0.144. The lowest BCUT2D eigenvalue weighted by Crippen LogP contribution is -2.46. The zero-order valence-electron chi connectivity index (χ0n) is 16.0. The van der Waals surface area contributed by atoms with Gasteiger partial charge in [-0.3, -0.25) is 19.3 Å². The van der Waals surface area contributed by atoms with Crippen molar-refractivity contribution in [2.45, 2.75) is 45.6 Å². The first-order valence-electron chi connectivity index (χ1n) is 9.69. The molecule has 1 aromatic carbocycles. The highest BCUT2D eigenvalue weighted by atomic mass is 16.2. The summed E-state index contributed by atoms with van der Waals surface area (Å²) < 4.78 is 0. The van der Waals surface area contributed by atoms with Gasteiger partial charge in [0.15, 0.2) is 5.78 Å². The molecule has 0 unspecified atom stereocenters. The number of Topliss-reactive ketones (excluding diaryl/α,β-unsaturated/α-hetero) is 1. The first kappa shape index (κ1) is 18.4. The van der Waals surface area contributed by atoms with Crippen molar-refractivity contribution in [1.29, 1.82) is 0 Å². The van der Waals surface area contributed by atoms with Gasteiger partial charge in [-0.05, 0) is 31.7 Å². The van der Waals surface area contributed by atoms with Gasteiger partial charge in [0.05, 0.1) is 6.54 Å². The number of urea groups is 1. The van der Waals surface area contributed by atoms with E-state index < -0.39 is 24.4 Å². The Morgan fingerprint density at radius 3 is 2.57 bits per heavy atom. The Balaban J connectivity index is 1.60. The van der Waals surface area contributed by atoms with Crippen LogP contribution in [0.3, 0.4) is 0 Å². The molecule has 4 rings (SSSR count). The Kier molecular flexibility index (Phi) is 4.53. The van der Waals surface area contributed by atoms with E-state index in [0.29, 0.717) is 17.7 Å². The summed E-state index contributed by atoms with van der Waals surface area (Å²) in [4.78, 5) is 55.8. The second kappa shape index (κ2) is 6.89. The fourth-order valence-corrected chi connectivity index (χ4v) is 4.49. The van der Waals surface area contributed by atoms with Crippen LogP contribution in [-0.2, 0) is 9.59 Å². The number of amides is 4. The average molecular weight is 381 g/mol. The molecule has 2 aliphatic rings. The van der Waals surface area contributed by atoms with Crippen molar-refractivity contribution in [3.63, 3.8) is 0 Å². The Morgan fingerprint density at radius 2 is 1.82 bits per heavy atom. The van der Waals surface area contributed by atoms with Crippen molar-refractivity contribution < 1.29 is 19.2 Å². The molecular formula is C21H23N3O4. The first-order valence-corrected chi connectivity index (χ1v) is 9.69. The highest BCUT2D eigenvalue weighted by Gasteiger charge is 2.49. The lowest BCUT2D eigenvalue weighted by atomic mass is 9.85. The molecule has 0 spiro atoms. The third kappa shape index (κ3) is 2.82. The predicted octanol–water partition coefficient (Wildman–Crippen LogP) is 3.03. The van der Waals surface area contributed by atoms with E-state index in [1.54, 1.807) is 6.92 Å². The zero-order valence-corrected chi connectivity index (χ0v) is 16.0. The summed E-state index contributed by atoms with van der Waals surface area (Å²) in [6.07, 6.45) is 3.61. The summed E-state index contributed by atoms with van der Waals surface area (Å²) in [5, 5.41) is 0.744. The molecule has 1 aromatic heterocycles. The number of ketones is 1. The highest BCUT2D eigenvalue weighted by Crippen LogP contribution is 2.31. The Hall–Kier alpha value is -2.96. The third-order valence-corrected chi connectivity index (χ3v) is 5.96. The zero-order chi connectivity index (χ0) is 20.0. The summed E-state index contributed by atoms with van der Waals surface area (Å²) in [6, 6.07) is 6.44. The van der Waals surface area contributed by atoms with Crippen LogP contribution < -0.4 is 0 Å². The fraction of sp³-hybridized carbons (Fsp3) is 0.429. The topological polar surface area (TPSA) is 90.6 Å². The number of nitrogens with one attached hydrogen (secondary N) is 1. The van der Waals surface area contributed by atoms with E-state index in [0.717, 1.165) is 40.0 Å². The normalized spacial score (nSPS) is 23.1. The Labute approximate surface area is 162 Å². The number of carbonyl (C=O) groups excluding carboxylic acids is 4. The van der Waals surface area contributed by atoms with Gasteiger partial charge in [-0.15, -0.1) is 0 Å². The van der Waals surface area contributed by atoms with Gasteiger partial charge < -0.3 is 4.98 Å². The summed E-state index contributed by atoms with van der Waals surface area (Å²) >= 11 is 0. The first-order chi connectivity index (χ1) is 13.4. The molecule has 2 aromatic rings. The number of H-pyrrole nitrogens is 1. The van der Waals surface area contributed by atoms with Crippen LogP contribution in [-0.4, -0.2) is 51.0 Å². The molecule has 1 N–H and O–H groups in total. The molecule has 2 atom stereocenters. The lowest BCUT2D eigenvalue weighted by Gasteiger charge is -2.34. The standard InChI is InChI=1S/C21H23N3O4/c1-12-7-3-6-10-16(12)24-20(27)19(26)23(21(24)28)11-17(25)18-13(2)22-15-9-5-4-8-14(15)18/h4-5,8-9,12,16,22H,3,6-7,10-11H2,1-2H3/t12-,16+/m1/s1. The predicted molar refractivity (Wildman–Crippen MR) is 103 cm³/mol. The van der Waals surface area contributed by atoms with Crippen molar-refractivity contribution in [1.82, 2.24) is 14.8 Å². The maximum atomic E-state index is 12.9. The smallest absolute Gasteiger partial charge is 0.334 e. The van der Waals surface area contributed by atoms with Crippen molar-refractivity contribution in [3.05, 3.63) is 35.5 Å². The third-order valence-electron chi connectivity index (χ3n) is 5.96. The number of fused-ring (bicyclic) bond motifs is 1. The molecule has 4 amide bonds. The van der Waals surface area contributed by atoms with Crippen LogP contribution in [0.25, 0.3) is 10.9 Å². The van der Waals surface area contributed by atoms with E-state index in [1.165, 1.54) is 0 Å². The van der Waals surface area contributed by atoms with Gasteiger partial charge in [0.1, 0.15) is 0 Å². The van der Waals surface area contributed by atoms with E-state index in [2.05, 4.69) is 4.98 Å². The maximum Gasteiger partial charge on any atom is 0.334 e. The fourth-order valence-electron chi connectivity index (χ4n) is 4.49. The van der Waals surface area contributed by atoms with Crippen LogP contribution in [0.5, 0.6) is 0 Å². The van der Waals surface area contributed by atoms with Crippen molar-refractivity contribution in [2.24, 2.45) is 5.92 Å². The second-order valence-corrected chi connectivity index (χ2v) is 7.77. The van der Waals surface area contributed by atoms with Crippen LogP contribution in [0.1, 0.15) is 48.7 Å². The summed E-state index contributed by atoms with van der Waals surface area (Å²) in [7, 11) is 0. The molecule has 0 radical (unpaired) electrons. The van der Waals surface area contributed by atoms with Crippen molar-refractivity contribution in [3.8, 4) is 0 Å².